The Bertz CT molecular complexity index is 5960. The molecule has 3 N–H and O–H groups in total. The van der Waals surface area contributed by atoms with E-state index in [1.54, 1.807) is 21.3 Å². The molecule has 4 atom stereocenters. The maximum atomic E-state index is 12.5. The number of hydrogen-bond donors (Lipinski definition) is 3. The smallest absolute Gasteiger partial charge is 0.161 e. The summed E-state index contributed by atoms with van der Waals surface area (Å²) in [6, 6.07) is 85.9. The highest BCUT2D eigenvalue weighted by molar-refractivity contribution is 6.12. The quantitative estimate of drug-likeness (QED) is 0.152. The third-order valence-electron chi connectivity index (χ3n) is 22.2. The van der Waals surface area contributed by atoms with Gasteiger partial charge >= 0.3 is 0 Å². The lowest BCUT2D eigenvalue weighted by molar-refractivity contribution is 0.00372. The first-order chi connectivity index (χ1) is 56.5. The Morgan fingerprint density at radius 1 is 0.261 bits per heavy atom. The molecule has 16 heteroatoms. The lowest BCUT2D eigenvalue weighted by Crippen LogP contribution is -2.45. The van der Waals surface area contributed by atoms with Gasteiger partial charge < -0.3 is 72.2 Å². The van der Waals surface area contributed by atoms with Crippen LogP contribution in [0, 0.1) is 0 Å². The van der Waals surface area contributed by atoms with Crippen LogP contribution in [0.2, 0.25) is 0 Å². The first-order valence-electron chi connectivity index (χ1n) is 39.2. The molecule has 7 aliphatic rings. The molecule has 16 nitrogen and oxygen atoms in total. The van der Waals surface area contributed by atoms with Crippen LogP contribution in [-0.2, 0) is 19.3 Å². The number of aliphatic hydroxyl groups is 3. The second-order valence-corrected chi connectivity index (χ2v) is 29.6. The van der Waals surface area contributed by atoms with E-state index in [9.17, 15) is 15.3 Å². The van der Waals surface area contributed by atoms with Gasteiger partial charge in [-0.1, -0.05) is 170 Å². The van der Waals surface area contributed by atoms with Gasteiger partial charge in [0.05, 0.1) is 21.3 Å². The Morgan fingerprint density at radius 2 is 0.539 bits per heavy atom. The van der Waals surface area contributed by atoms with Crippen LogP contribution in [0.25, 0.3) is 98.0 Å². The van der Waals surface area contributed by atoms with Crippen molar-refractivity contribution in [3.8, 4) is 102 Å². The first-order valence-corrected chi connectivity index (χ1v) is 39.2. The molecule has 0 saturated heterocycles. The standard InChI is InChI=1S/C99H87NO15/c1-104-90-47-67-45-71-51-94-92(106-3)49-69(71)46-72-52-95-91(105-2)48-68(72)44-70(67)50-93(90)110-39-38-107-76-32-26-65-18-12-24-82(84(65)53-76)83-25-13-19-66-27-33-77(54-85(66)83)113-58-73(101)55-100(56-74(102)59-114-88-36-30-63-16-6-10-22-80(63)98(88)96-78-20-8-4-14-61(78)28-34-86(96)108-40-42-111-94)57-75(103)60-115-89-37-31-64-17-7-11-23-81(64)99(89)97-79-21-9-5-15-62(79)29-35-87(97)109-41-43-112-95/h4-37,47-54,73-75,101-103H,38-46,55-60H2,1-3H3/t73-,74-,75-/m0/s1. The van der Waals surface area contributed by atoms with Crippen molar-refractivity contribution in [1.82, 2.24) is 4.90 Å². The Balaban J connectivity index is 0.790. The second-order valence-electron chi connectivity index (χ2n) is 29.6. The molecule has 15 aromatic carbocycles. The van der Waals surface area contributed by atoms with Crippen LogP contribution < -0.4 is 56.8 Å². The van der Waals surface area contributed by atoms with Crippen molar-refractivity contribution >= 4 is 64.6 Å². The van der Waals surface area contributed by atoms with Gasteiger partial charge in [-0.05, 0) is 213 Å². The summed E-state index contributed by atoms with van der Waals surface area (Å²) in [6.07, 6.45) is -1.90. The predicted octanol–water partition coefficient (Wildman–Crippen LogP) is 18.6. The van der Waals surface area contributed by atoms with Crippen molar-refractivity contribution in [2.24, 2.45) is 0 Å². The molecule has 14 bridgehead atoms. The molecule has 1 aliphatic carbocycles. The van der Waals surface area contributed by atoms with Crippen molar-refractivity contribution < 1.29 is 72.2 Å². The van der Waals surface area contributed by atoms with Gasteiger partial charge in [0.25, 0.3) is 0 Å². The largest absolute Gasteiger partial charge is 0.493 e. The molecular weight excluding hydrogens is 1440 g/mol. The van der Waals surface area contributed by atoms with Crippen LogP contribution >= 0.6 is 0 Å². The van der Waals surface area contributed by atoms with Gasteiger partial charge in [-0.3, -0.25) is 4.90 Å². The average molecular weight is 1530 g/mol. The molecule has 0 spiro atoms. The summed E-state index contributed by atoms with van der Waals surface area (Å²) >= 11 is 0. The molecule has 0 saturated carbocycles. The minimum atomic E-state index is -1.15. The predicted molar refractivity (Wildman–Crippen MR) is 452 cm³/mol. The normalized spacial score (nSPS) is 17.1. The molecule has 15 aromatic rings. The molecular formula is C99H87NO15. The molecule has 0 aromatic heterocycles. The van der Waals surface area contributed by atoms with E-state index in [0.29, 0.717) is 88.3 Å². The van der Waals surface area contributed by atoms with E-state index < -0.39 is 18.3 Å². The van der Waals surface area contributed by atoms with Crippen LogP contribution in [0.5, 0.6) is 69.0 Å². The maximum Gasteiger partial charge on any atom is 0.161 e. The van der Waals surface area contributed by atoms with Crippen molar-refractivity contribution in [2.75, 3.05) is 100 Å². The third-order valence-corrected chi connectivity index (χ3v) is 22.2. The number of aliphatic hydroxyl groups excluding tert-OH is 3. The molecule has 0 amide bonds. The summed E-state index contributed by atoms with van der Waals surface area (Å²) < 4.78 is 80.1. The Morgan fingerprint density at radius 3 is 0.896 bits per heavy atom. The fourth-order valence-electron chi connectivity index (χ4n) is 16.8. The Hall–Kier alpha value is -12.7. The third kappa shape index (κ3) is 15.3. The minimum Gasteiger partial charge on any atom is -0.493 e. The lowest BCUT2D eigenvalue weighted by Gasteiger charge is -2.29. The Kier molecular flexibility index (Phi) is 21.0. The number of benzene rings is 15. The van der Waals surface area contributed by atoms with Gasteiger partial charge in [-0.25, -0.2) is 0 Å². The van der Waals surface area contributed by atoms with Crippen LogP contribution in [0.1, 0.15) is 33.4 Å². The zero-order valence-electron chi connectivity index (χ0n) is 64.3. The van der Waals surface area contributed by atoms with Crippen LogP contribution in [0.4, 0.5) is 0 Å². The van der Waals surface area contributed by atoms with E-state index in [-0.39, 0.29) is 79.1 Å². The van der Waals surface area contributed by atoms with Gasteiger partial charge in [0, 0.05) is 41.9 Å². The number of rotatable bonds is 3. The maximum absolute atomic E-state index is 12.5. The van der Waals surface area contributed by atoms with Crippen LogP contribution in [0.3, 0.4) is 0 Å². The Labute approximate surface area is 666 Å². The van der Waals surface area contributed by atoms with Gasteiger partial charge in [-0.15, -0.1) is 0 Å². The number of methoxy groups -OCH3 is 3. The van der Waals surface area contributed by atoms with Crippen molar-refractivity contribution in [3.63, 3.8) is 0 Å². The summed E-state index contributed by atoms with van der Waals surface area (Å²) in [4.78, 5) is 1.84. The van der Waals surface area contributed by atoms with E-state index >= 15 is 0 Å². The van der Waals surface area contributed by atoms with Crippen LogP contribution in [-0.4, -0.2) is 139 Å². The highest BCUT2D eigenvalue weighted by Crippen LogP contribution is 2.49. The summed E-state index contributed by atoms with van der Waals surface area (Å²) in [5, 5.41) is 49.0. The fraction of sp³-hybridized carbons (Fsp3) is 0.212. The van der Waals surface area contributed by atoms with Gasteiger partial charge in [0.2, 0.25) is 0 Å². The van der Waals surface area contributed by atoms with Crippen LogP contribution in [0.15, 0.2) is 255 Å². The van der Waals surface area contributed by atoms with Crippen molar-refractivity contribution in [1.29, 1.82) is 0 Å². The zero-order valence-corrected chi connectivity index (χ0v) is 64.3. The topological polar surface area (TPSA) is 175 Å². The number of fused-ring (bicyclic) bond motifs is 7. The van der Waals surface area contributed by atoms with E-state index in [2.05, 4.69) is 146 Å². The molecule has 0 radical (unpaired) electrons. The van der Waals surface area contributed by atoms with E-state index in [1.165, 1.54) is 0 Å². The summed E-state index contributed by atoms with van der Waals surface area (Å²) in [6.45, 7) is 0.512. The second kappa shape index (κ2) is 32.8. The fourth-order valence-corrected chi connectivity index (χ4v) is 16.8. The average Bonchev–Trinajstić information content (AvgIpc) is 1.39. The molecule has 115 heavy (non-hydrogen) atoms. The molecule has 6 aliphatic heterocycles. The van der Waals surface area contributed by atoms with Crippen molar-refractivity contribution in [3.05, 3.63) is 288 Å². The van der Waals surface area contributed by atoms with Gasteiger partial charge in [-0.2, -0.15) is 0 Å². The van der Waals surface area contributed by atoms with Gasteiger partial charge in [0.1, 0.15) is 112 Å². The van der Waals surface area contributed by atoms with E-state index in [0.717, 1.165) is 131 Å². The molecule has 0 fully saturated rings. The number of ether oxygens (including phenoxy) is 12. The van der Waals surface area contributed by atoms with E-state index in [1.807, 2.05) is 114 Å². The van der Waals surface area contributed by atoms with E-state index in [4.69, 9.17) is 56.8 Å². The summed E-state index contributed by atoms with van der Waals surface area (Å²) in [7, 11) is 4.99. The van der Waals surface area contributed by atoms with Crippen molar-refractivity contribution in [2.45, 2.75) is 37.6 Å². The molecule has 6 heterocycles. The number of hydrogen-bond acceptors (Lipinski definition) is 16. The highest BCUT2D eigenvalue weighted by Gasteiger charge is 2.29. The summed E-state index contributed by atoms with van der Waals surface area (Å²) in [5.41, 5.74) is 11.3. The first kappa shape index (κ1) is 73.8. The molecule has 1 unspecified atom stereocenters. The lowest BCUT2D eigenvalue weighted by atomic mass is 9.92. The molecule has 578 valence electrons. The zero-order chi connectivity index (χ0) is 77.9. The van der Waals surface area contributed by atoms with Gasteiger partial charge in [0.15, 0.2) is 34.5 Å². The monoisotopic (exact) mass is 1530 g/mol. The minimum absolute atomic E-state index is 0.0105. The SMILES string of the molecule is COc1cc2c3cc1OCCOc1ccc4cccc(c4c1)-c1cccc4ccc(cc14)OC[C@@H](O)CN1C[C@H](O)COc4ccc5ccccc5c4-c4c(ccc5ccccc45)OCCOc4cc(c(cc4OC)Cc4cc(c(OC)cc4C3)OCCOc3ccc4ccccc4c3-c3c(ccc4ccccc34)OC[C@@H](O)C1)C2. The number of nitrogens with zero attached hydrogens (tertiary/aromatic N) is 1. The highest BCUT2D eigenvalue weighted by atomic mass is 16.6. The molecule has 22 rings (SSSR count). The summed E-state index contributed by atoms with van der Waals surface area (Å²) in [5.74, 6) is 6.81.